The van der Waals surface area contributed by atoms with E-state index >= 15 is 0 Å². The van der Waals surface area contributed by atoms with E-state index in [0.717, 1.165) is 0 Å². The van der Waals surface area contributed by atoms with Gasteiger partial charge in [-0.15, -0.1) is 0 Å². The third-order valence-corrected chi connectivity index (χ3v) is 4.27. The van der Waals surface area contributed by atoms with Crippen molar-refractivity contribution in [3.05, 3.63) is 0 Å². The number of aliphatic hydroxyl groups excluding tert-OH is 1. The van der Waals surface area contributed by atoms with Gasteiger partial charge in [-0.1, -0.05) is 27.2 Å². The van der Waals surface area contributed by atoms with E-state index in [0.29, 0.717) is 12.8 Å². The lowest BCUT2D eigenvalue weighted by Crippen LogP contribution is -2.61. The van der Waals surface area contributed by atoms with Gasteiger partial charge < -0.3 is 31.2 Å². The quantitative estimate of drug-likeness (QED) is 0.285. The molecule has 162 valence electrons. The summed E-state index contributed by atoms with van der Waals surface area (Å²) in [6, 6.07) is -2.47. The van der Waals surface area contributed by atoms with E-state index in [9.17, 15) is 29.4 Å². The topological polar surface area (TPSA) is 203 Å². The molecule has 0 aliphatic heterocycles. The number of nitrogens with one attached hydrogen (secondary N) is 2. The van der Waals surface area contributed by atoms with E-state index < -0.39 is 41.7 Å². The number of carbonyl (C=O) groups excluding carboxylic acids is 4. The van der Waals surface area contributed by atoms with E-state index in [1.807, 2.05) is 6.92 Å². The maximum atomic E-state index is 12.0. The van der Waals surface area contributed by atoms with Crippen LogP contribution in [0.3, 0.4) is 0 Å². The highest BCUT2D eigenvalue weighted by molar-refractivity contribution is 5.91. The number of imide groups is 2. The molecule has 12 nitrogen and oxygen atoms in total. The molecule has 1 unspecified atom stereocenters. The van der Waals surface area contributed by atoms with Gasteiger partial charge in [0.15, 0.2) is 0 Å². The number of urea groups is 2. The van der Waals surface area contributed by atoms with Crippen molar-refractivity contribution in [3.8, 4) is 0 Å². The molecular weight excluding hydrogens is 376 g/mol. The minimum Gasteiger partial charge on any atom is -0.403 e. The fourth-order valence-electron chi connectivity index (χ4n) is 2.72. The van der Waals surface area contributed by atoms with Gasteiger partial charge in [-0.2, -0.15) is 0 Å². The van der Waals surface area contributed by atoms with E-state index in [2.05, 4.69) is 0 Å². The zero-order valence-corrected chi connectivity index (χ0v) is 16.3. The van der Waals surface area contributed by atoms with Gasteiger partial charge in [0, 0.05) is 6.42 Å². The van der Waals surface area contributed by atoms with Gasteiger partial charge in [0.25, 0.3) is 5.79 Å². The maximum Gasteiger partial charge on any atom is 0.418 e. The summed E-state index contributed by atoms with van der Waals surface area (Å²) < 4.78 is 10.3. The molecule has 0 saturated heterocycles. The molecule has 1 atom stereocenters. The van der Waals surface area contributed by atoms with Gasteiger partial charge in [0.1, 0.15) is 5.60 Å². The van der Waals surface area contributed by atoms with Gasteiger partial charge in [-0.05, 0) is 25.7 Å². The number of rotatable bonds is 10. The SMILES string of the molecule is CCCC(O)CCC(OC(=O)NC(N)=O)(OC(=O)NC(N)=O)C(O)(CC)CC. The molecule has 0 aliphatic carbocycles. The lowest BCUT2D eigenvalue weighted by Gasteiger charge is -2.44. The van der Waals surface area contributed by atoms with Crippen LogP contribution in [0.1, 0.15) is 59.3 Å². The molecule has 0 aromatic heterocycles. The molecule has 0 rings (SSSR count). The van der Waals surface area contributed by atoms with Crippen LogP contribution in [0.15, 0.2) is 0 Å². The van der Waals surface area contributed by atoms with Crippen molar-refractivity contribution < 1.29 is 38.9 Å². The Kier molecular flexibility index (Phi) is 10.2. The largest absolute Gasteiger partial charge is 0.418 e. The Bertz CT molecular complexity index is 535. The fourth-order valence-corrected chi connectivity index (χ4v) is 2.72. The van der Waals surface area contributed by atoms with Gasteiger partial charge in [-0.25, -0.2) is 29.8 Å². The monoisotopic (exact) mass is 406 g/mol. The standard InChI is InChI=1S/C16H30N4O8/c1-4-7-10(21)8-9-16(15(26,5-2)6-3,27-13(24)19-11(17)22)28-14(25)20-12(18)23/h10,21,26H,4-9H2,1-3H3,(H3,17,19,22,24)(H3,18,20,23,25). The Hall–Kier alpha value is -2.60. The minimum absolute atomic E-state index is 0.0240. The van der Waals surface area contributed by atoms with E-state index in [-0.39, 0.29) is 25.7 Å². The Morgan fingerprint density at radius 1 is 0.929 bits per heavy atom. The number of aliphatic hydroxyl groups is 2. The average molecular weight is 406 g/mol. The molecule has 12 heteroatoms. The fraction of sp³-hybridized carbons (Fsp3) is 0.750. The number of alkyl carbamates (subject to hydrolysis) is 2. The molecule has 0 aromatic rings. The van der Waals surface area contributed by atoms with Crippen molar-refractivity contribution in [2.75, 3.05) is 0 Å². The average Bonchev–Trinajstić information content (AvgIpc) is 2.57. The second kappa shape index (κ2) is 11.3. The number of amides is 6. The van der Waals surface area contributed by atoms with Crippen LogP contribution in [0, 0.1) is 0 Å². The maximum absolute atomic E-state index is 12.0. The molecule has 0 radical (unpaired) electrons. The lowest BCUT2D eigenvalue weighted by atomic mass is 9.83. The predicted molar refractivity (Wildman–Crippen MR) is 96.8 cm³/mol. The molecule has 6 amide bonds. The van der Waals surface area contributed by atoms with Crippen LogP contribution >= 0.6 is 0 Å². The summed E-state index contributed by atoms with van der Waals surface area (Å²) in [4.78, 5) is 45.9. The molecular formula is C16H30N4O8. The van der Waals surface area contributed by atoms with Crippen molar-refractivity contribution in [1.29, 1.82) is 0 Å². The van der Waals surface area contributed by atoms with Crippen molar-refractivity contribution in [2.24, 2.45) is 11.5 Å². The first-order valence-corrected chi connectivity index (χ1v) is 8.94. The van der Waals surface area contributed by atoms with Crippen molar-refractivity contribution >= 4 is 24.2 Å². The molecule has 0 spiro atoms. The van der Waals surface area contributed by atoms with Crippen molar-refractivity contribution in [3.63, 3.8) is 0 Å². The Morgan fingerprint density at radius 3 is 1.68 bits per heavy atom. The van der Waals surface area contributed by atoms with Crippen molar-refractivity contribution in [2.45, 2.75) is 76.8 Å². The van der Waals surface area contributed by atoms with E-state index in [4.69, 9.17) is 20.9 Å². The van der Waals surface area contributed by atoms with E-state index in [1.54, 1.807) is 24.5 Å². The third-order valence-electron chi connectivity index (χ3n) is 4.27. The number of primary amides is 2. The molecule has 8 N–H and O–H groups in total. The normalized spacial score (nSPS) is 12.6. The lowest BCUT2D eigenvalue weighted by molar-refractivity contribution is -0.275. The Balaban J connectivity index is 5.99. The summed E-state index contributed by atoms with van der Waals surface area (Å²) in [7, 11) is 0. The first-order chi connectivity index (χ1) is 12.9. The van der Waals surface area contributed by atoms with Crippen LogP contribution in [0.25, 0.3) is 0 Å². The third kappa shape index (κ3) is 7.56. The number of hydrogen-bond acceptors (Lipinski definition) is 8. The molecule has 0 bridgehead atoms. The Morgan fingerprint density at radius 2 is 1.36 bits per heavy atom. The first-order valence-electron chi connectivity index (χ1n) is 8.94. The molecule has 0 saturated carbocycles. The number of ether oxygens (including phenoxy) is 2. The van der Waals surface area contributed by atoms with Crippen LogP contribution in [0.4, 0.5) is 19.2 Å². The smallest absolute Gasteiger partial charge is 0.403 e. The number of carbonyl (C=O) groups is 4. The van der Waals surface area contributed by atoms with Gasteiger partial charge >= 0.3 is 24.2 Å². The highest BCUT2D eigenvalue weighted by Crippen LogP contribution is 2.38. The first kappa shape index (κ1) is 25.4. The van der Waals surface area contributed by atoms with Gasteiger partial charge in [0.05, 0.1) is 6.10 Å². The summed E-state index contributed by atoms with van der Waals surface area (Å²) in [5.74, 6) is -2.34. The molecule has 0 aliphatic rings. The second-order valence-electron chi connectivity index (χ2n) is 6.23. The van der Waals surface area contributed by atoms with E-state index in [1.165, 1.54) is 0 Å². The van der Waals surface area contributed by atoms with Crippen LogP contribution < -0.4 is 22.1 Å². The molecule has 28 heavy (non-hydrogen) atoms. The molecule has 0 heterocycles. The summed E-state index contributed by atoms with van der Waals surface area (Å²) >= 11 is 0. The predicted octanol–water partition coefficient (Wildman–Crippen LogP) is 0.785. The minimum atomic E-state index is -2.34. The summed E-state index contributed by atoms with van der Waals surface area (Å²) in [6.07, 6.45) is -2.97. The summed E-state index contributed by atoms with van der Waals surface area (Å²) in [5, 5.41) is 24.4. The summed E-state index contributed by atoms with van der Waals surface area (Å²) in [5.41, 5.74) is 7.85. The highest BCUT2D eigenvalue weighted by Gasteiger charge is 2.55. The highest BCUT2D eigenvalue weighted by atomic mass is 16.8. The van der Waals surface area contributed by atoms with Crippen LogP contribution in [0.2, 0.25) is 0 Å². The van der Waals surface area contributed by atoms with Crippen LogP contribution in [0.5, 0.6) is 0 Å². The van der Waals surface area contributed by atoms with Gasteiger partial charge in [-0.3, -0.25) is 0 Å². The van der Waals surface area contributed by atoms with Crippen LogP contribution in [-0.2, 0) is 9.47 Å². The zero-order chi connectivity index (χ0) is 22.0. The van der Waals surface area contributed by atoms with Gasteiger partial charge in [0.2, 0.25) is 0 Å². The molecule has 0 fully saturated rings. The van der Waals surface area contributed by atoms with Crippen LogP contribution in [-0.4, -0.2) is 52.0 Å². The second-order valence-corrected chi connectivity index (χ2v) is 6.23. The number of nitrogens with two attached hydrogens (primary N) is 2. The summed E-state index contributed by atoms with van der Waals surface area (Å²) in [6.45, 7) is 4.94. The van der Waals surface area contributed by atoms with Crippen molar-refractivity contribution in [1.82, 2.24) is 10.6 Å². The number of hydrogen-bond donors (Lipinski definition) is 6. The zero-order valence-electron chi connectivity index (χ0n) is 16.3. The Labute approximate surface area is 162 Å². The molecule has 0 aromatic carbocycles.